The topological polar surface area (TPSA) is 55.5 Å². The van der Waals surface area contributed by atoms with Gasteiger partial charge in [-0.1, -0.05) is 30.3 Å². The van der Waals surface area contributed by atoms with Crippen molar-refractivity contribution in [3.63, 3.8) is 0 Å². The maximum atomic E-state index is 9.54. The summed E-state index contributed by atoms with van der Waals surface area (Å²) < 4.78 is 5.34. The molecule has 0 heterocycles. The number of aryl methyl sites for hydroxylation is 2. The molecule has 0 radical (unpaired) electrons. The van der Waals surface area contributed by atoms with E-state index in [-0.39, 0.29) is 12.1 Å². The van der Waals surface area contributed by atoms with Gasteiger partial charge in [0.15, 0.2) is 0 Å². The Morgan fingerprint density at radius 1 is 1.14 bits per heavy atom. The zero-order valence-corrected chi connectivity index (χ0v) is 17.0. The van der Waals surface area contributed by atoms with E-state index in [9.17, 15) is 5.11 Å². The molecule has 1 fully saturated rings. The van der Waals surface area contributed by atoms with E-state index in [2.05, 4.69) is 36.4 Å². The van der Waals surface area contributed by atoms with Crippen molar-refractivity contribution in [2.75, 3.05) is 13.7 Å². The van der Waals surface area contributed by atoms with Crippen LogP contribution < -0.4 is 10.5 Å². The number of nitrogens with two attached hydrogens (primary N) is 1. The summed E-state index contributed by atoms with van der Waals surface area (Å²) in [6.45, 7) is 0.101. The van der Waals surface area contributed by atoms with Gasteiger partial charge in [-0.15, -0.1) is 0 Å². The number of hydrogen-bond acceptors (Lipinski definition) is 3. The molecular weight excluding hydrogens is 346 g/mol. The first-order valence-electron chi connectivity index (χ1n) is 10.7. The fourth-order valence-electron chi connectivity index (χ4n) is 5.13. The Kier molecular flexibility index (Phi) is 5.75. The van der Waals surface area contributed by atoms with Gasteiger partial charge in [-0.3, -0.25) is 0 Å². The molecule has 2 aliphatic carbocycles. The van der Waals surface area contributed by atoms with E-state index in [0.29, 0.717) is 5.92 Å². The summed E-state index contributed by atoms with van der Waals surface area (Å²) >= 11 is 0. The summed E-state index contributed by atoms with van der Waals surface area (Å²) in [4.78, 5) is 0. The molecule has 2 aromatic carbocycles. The molecule has 28 heavy (non-hydrogen) atoms. The predicted octanol–water partition coefficient (Wildman–Crippen LogP) is 4.39. The van der Waals surface area contributed by atoms with Crippen molar-refractivity contribution in [1.29, 1.82) is 0 Å². The quantitative estimate of drug-likeness (QED) is 0.783. The molecule has 150 valence electrons. The van der Waals surface area contributed by atoms with Crippen LogP contribution in [0.2, 0.25) is 0 Å². The zero-order valence-electron chi connectivity index (χ0n) is 17.0. The van der Waals surface area contributed by atoms with Gasteiger partial charge in [0.05, 0.1) is 13.7 Å². The van der Waals surface area contributed by atoms with Crippen LogP contribution in [0.4, 0.5) is 0 Å². The van der Waals surface area contributed by atoms with Crippen LogP contribution in [0.1, 0.15) is 60.3 Å². The van der Waals surface area contributed by atoms with Crippen LogP contribution in [0.5, 0.6) is 5.75 Å². The van der Waals surface area contributed by atoms with E-state index in [1.165, 1.54) is 47.9 Å². The number of aliphatic hydroxyl groups is 1. The van der Waals surface area contributed by atoms with E-state index in [0.717, 1.165) is 37.4 Å². The third kappa shape index (κ3) is 4.26. The Morgan fingerprint density at radius 2 is 2.04 bits per heavy atom. The maximum absolute atomic E-state index is 9.54. The van der Waals surface area contributed by atoms with Crippen molar-refractivity contribution in [3.8, 4) is 5.75 Å². The average Bonchev–Trinajstić information content (AvgIpc) is 3.14. The van der Waals surface area contributed by atoms with Crippen molar-refractivity contribution in [2.24, 2.45) is 11.7 Å². The van der Waals surface area contributed by atoms with Gasteiger partial charge in [0, 0.05) is 5.54 Å². The molecule has 2 aromatic rings. The second-order valence-electron chi connectivity index (χ2n) is 8.99. The fraction of sp³-hybridized carbons (Fsp3) is 0.520. The molecule has 4 rings (SSSR count). The highest BCUT2D eigenvalue weighted by molar-refractivity contribution is 5.37. The van der Waals surface area contributed by atoms with Gasteiger partial charge >= 0.3 is 0 Å². The number of aliphatic hydroxyl groups excluding tert-OH is 1. The highest BCUT2D eigenvalue weighted by atomic mass is 16.5. The second-order valence-corrected chi connectivity index (χ2v) is 8.99. The number of benzene rings is 2. The normalized spacial score (nSPS) is 26.8. The lowest BCUT2D eigenvalue weighted by atomic mass is 9.79. The van der Waals surface area contributed by atoms with Gasteiger partial charge in [-0.25, -0.2) is 0 Å². The third-order valence-electron chi connectivity index (χ3n) is 6.97. The molecule has 0 spiro atoms. The van der Waals surface area contributed by atoms with E-state index >= 15 is 0 Å². The summed E-state index contributed by atoms with van der Waals surface area (Å²) in [5.74, 6) is 2.23. The maximum Gasteiger partial charge on any atom is 0.119 e. The molecule has 1 unspecified atom stereocenters. The smallest absolute Gasteiger partial charge is 0.119 e. The van der Waals surface area contributed by atoms with Crippen LogP contribution in [0.3, 0.4) is 0 Å². The summed E-state index contributed by atoms with van der Waals surface area (Å²) in [6, 6.07) is 15.6. The van der Waals surface area contributed by atoms with E-state index in [1.54, 1.807) is 7.11 Å². The highest BCUT2D eigenvalue weighted by Gasteiger charge is 2.36. The summed E-state index contributed by atoms with van der Waals surface area (Å²) in [5.41, 5.74) is 11.8. The van der Waals surface area contributed by atoms with Gasteiger partial charge in [-0.2, -0.15) is 0 Å². The van der Waals surface area contributed by atoms with E-state index in [4.69, 9.17) is 10.5 Å². The van der Waals surface area contributed by atoms with Crippen LogP contribution in [-0.4, -0.2) is 24.4 Å². The standard InChI is InChI=1S/C25H33NO2/c1-28-24-4-2-3-18(14-24)5-6-19-7-8-21-15-22(10-9-20(21)13-19)23-11-12-25(26,16-23)17-27/h2-4,9-10,14-15,19,23,27H,5-8,11-13,16-17,26H2,1H3/t19?,23-,25-/m0/s1. The first-order chi connectivity index (χ1) is 13.6. The number of ether oxygens (including phenoxy) is 1. The van der Waals surface area contributed by atoms with Gasteiger partial charge < -0.3 is 15.6 Å². The lowest BCUT2D eigenvalue weighted by Gasteiger charge is -2.26. The van der Waals surface area contributed by atoms with Crippen LogP contribution in [-0.2, 0) is 19.3 Å². The molecular formula is C25H33NO2. The molecule has 1 saturated carbocycles. The van der Waals surface area contributed by atoms with Gasteiger partial charge in [-0.05, 0) is 97.6 Å². The number of methoxy groups -OCH3 is 1. The number of hydrogen-bond donors (Lipinski definition) is 2. The van der Waals surface area contributed by atoms with Crippen LogP contribution >= 0.6 is 0 Å². The summed E-state index contributed by atoms with van der Waals surface area (Å²) in [5, 5.41) is 9.54. The Morgan fingerprint density at radius 3 is 2.82 bits per heavy atom. The number of fused-ring (bicyclic) bond motifs is 1. The van der Waals surface area contributed by atoms with Gasteiger partial charge in [0.25, 0.3) is 0 Å². The van der Waals surface area contributed by atoms with E-state index in [1.807, 2.05) is 6.07 Å². The zero-order chi connectivity index (χ0) is 19.6. The molecule has 3 nitrogen and oxygen atoms in total. The monoisotopic (exact) mass is 379 g/mol. The van der Waals surface area contributed by atoms with Crippen molar-refractivity contribution in [3.05, 3.63) is 64.7 Å². The molecule has 0 saturated heterocycles. The molecule has 0 aliphatic heterocycles. The van der Waals surface area contributed by atoms with E-state index < -0.39 is 0 Å². The highest BCUT2D eigenvalue weighted by Crippen LogP contribution is 2.40. The largest absolute Gasteiger partial charge is 0.497 e. The molecule has 0 aromatic heterocycles. The summed E-state index contributed by atoms with van der Waals surface area (Å²) in [6.07, 6.45) is 8.96. The first kappa shape index (κ1) is 19.5. The number of rotatable bonds is 6. The lowest BCUT2D eigenvalue weighted by Crippen LogP contribution is -2.40. The minimum Gasteiger partial charge on any atom is -0.497 e. The Labute approximate surface area is 168 Å². The Balaban J connectivity index is 1.37. The Hall–Kier alpha value is -1.84. The van der Waals surface area contributed by atoms with Crippen molar-refractivity contribution in [1.82, 2.24) is 0 Å². The molecule has 3 atom stereocenters. The minimum atomic E-state index is -0.369. The van der Waals surface area contributed by atoms with Crippen molar-refractivity contribution >= 4 is 0 Å². The first-order valence-corrected chi connectivity index (χ1v) is 10.7. The SMILES string of the molecule is COc1cccc(CCC2CCc3cc([C@H]4CC[C@@](N)(CO)C4)ccc3C2)c1. The molecule has 0 amide bonds. The van der Waals surface area contributed by atoms with Crippen molar-refractivity contribution < 1.29 is 9.84 Å². The molecule has 0 bridgehead atoms. The van der Waals surface area contributed by atoms with Crippen LogP contribution in [0, 0.1) is 5.92 Å². The molecule has 2 aliphatic rings. The van der Waals surface area contributed by atoms with Crippen LogP contribution in [0.25, 0.3) is 0 Å². The lowest BCUT2D eigenvalue weighted by molar-refractivity contribution is 0.198. The van der Waals surface area contributed by atoms with Gasteiger partial charge in [0.2, 0.25) is 0 Å². The molecule has 3 heteroatoms. The Bertz CT molecular complexity index is 818. The molecule has 3 N–H and O–H groups in total. The fourth-order valence-corrected chi connectivity index (χ4v) is 5.13. The second kappa shape index (κ2) is 8.26. The van der Waals surface area contributed by atoms with Gasteiger partial charge in [0.1, 0.15) is 5.75 Å². The van der Waals surface area contributed by atoms with Crippen LogP contribution in [0.15, 0.2) is 42.5 Å². The minimum absolute atomic E-state index is 0.101. The average molecular weight is 380 g/mol. The predicted molar refractivity (Wildman–Crippen MR) is 114 cm³/mol. The third-order valence-corrected chi connectivity index (χ3v) is 6.97. The summed E-state index contributed by atoms with van der Waals surface area (Å²) in [7, 11) is 1.73. The van der Waals surface area contributed by atoms with Crippen molar-refractivity contribution in [2.45, 2.75) is 62.8 Å².